The number of ether oxygens (including phenoxy) is 4. The van der Waals surface area contributed by atoms with Crippen molar-refractivity contribution in [2.24, 2.45) is 0 Å². The van der Waals surface area contributed by atoms with E-state index in [4.69, 9.17) is 25.4 Å². The Morgan fingerprint density at radius 1 is 1.00 bits per heavy atom. The molecule has 10 heteroatoms. The van der Waals surface area contributed by atoms with Gasteiger partial charge >= 0.3 is 11.9 Å². The Kier molecular flexibility index (Phi) is 9.12. The molecular formula is C30H27N3O7. The van der Waals surface area contributed by atoms with Crippen molar-refractivity contribution in [1.29, 1.82) is 0 Å². The Hall–Kier alpha value is -5.14. The van der Waals surface area contributed by atoms with Crippen LogP contribution in [0.5, 0.6) is 17.2 Å². The quantitative estimate of drug-likeness (QED) is 0.113. The number of aromatic nitrogens is 2. The number of para-hydroxylation sites is 1. The van der Waals surface area contributed by atoms with Gasteiger partial charge < -0.3 is 29.4 Å². The van der Waals surface area contributed by atoms with Crippen LogP contribution in [-0.4, -0.2) is 53.9 Å². The SMILES string of the molecule is C#Cc1cccc(Nc2ncnc3cc(OCCOC)c(OCCc4cccc(C(=O)O)c4OC(C)=O)cc23)c1. The number of nitrogens with zero attached hydrogens (tertiary/aromatic N) is 2. The van der Waals surface area contributed by atoms with Crippen LogP contribution in [0.2, 0.25) is 0 Å². The molecule has 0 aliphatic heterocycles. The summed E-state index contributed by atoms with van der Waals surface area (Å²) in [7, 11) is 1.58. The number of anilines is 2. The largest absolute Gasteiger partial charge is 0.489 e. The second-order valence-electron chi connectivity index (χ2n) is 8.52. The molecule has 0 amide bonds. The number of hydrogen-bond acceptors (Lipinski definition) is 9. The van der Waals surface area contributed by atoms with Crippen LogP contribution in [0.4, 0.5) is 11.5 Å². The number of benzene rings is 3. The number of carbonyl (C=O) groups is 2. The van der Waals surface area contributed by atoms with E-state index < -0.39 is 11.9 Å². The minimum atomic E-state index is -1.20. The van der Waals surface area contributed by atoms with Crippen LogP contribution in [0.1, 0.15) is 28.4 Å². The molecule has 10 nitrogen and oxygen atoms in total. The van der Waals surface area contributed by atoms with Gasteiger partial charge in [-0.15, -0.1) is 6.42 Å². The lowest BCUT2D eigenvalue weighted by molar-refractivity contribution is -0.131. The number of carboxylic acids is 1. The molecule has 4 rings (SSSR count). The summed E-state index contributed by atoms with van der Waals surface area (Å²) in [6.07, 6.45) is 7.24. The molecule has 0 aliphatic rings. The third-order valence-corrected chi connectivity index (χ3v) is 5.74. The fourth-order valence-corrected chi connectivity index (χ4v) is 3.93. The lowest BCUT2D eigenvalue weighted by Gasteiger charge is -2.16. The van der Waals surface area contributed by atoms with Crippen LogP contribution in [0.25, 0.3) is 10.9 Å². The fraction of sp³-hybridized carbons (Fsp3) is 0.200. The maximum atomic E-state index is 11.7. The summed E-state index contributed by atoms with van der Waals surface area (Å²) in [4.78, 5) is 32.1. The molecule has 0 bridgehead atoms. The molecular weight excluding hydrogens is 514 g/mol. The lowest BCUT2D eigenvalue weighted by atomic mass is 10.1. The Bertz CT molecular complexity index is 1580. The number of hydrogen-bond donors (Lipinski definition) is 2. The molecule has 3 aromatic carbocycles. The molecule has 0 radical (unpaired) electrons. The highest BCUT2D eigenvalue weighted by molar-refractivity contribution is 5.93. The van der Waals surface area contributed by atoms with E-state index in [2.05, 4.69) is 21.2 Å². The van der Waals surface area contributed by atoms with Crippen molar-refractivity contribution in [3.63, 3.8) is 0 Å². The molecule has 1 aromatic heterocycles. The Morgan fingerprint density at radius 3 is 2.52 bits per heavy atom. The van der Waals surface area contributed by atoms with Crippen molar-refractivity contribution >= 4 is 34.3 Å². The van der Waals surface area contributed by atoms with E-state index in [9.17, 15) is 14.7 Å². The second kappa shape index (κ2) is 13.1. The van der Waals surface area contributed by atoms with Crippen molar-refractivity contribution in [2.45, 2.75) is 13.3 Å². The van der Waals surface area contributed by atoms with Gasteiger partial charge in [0.05, 0.1) is 18.7 Å². The number of nitrogens with one attached hydrogen (secondary N) is 1. The summed E-state index contributed by atoms with van der Waals surface area (Å²) in [6, 6.07) is 15.6. The van der Waals surface area contributed by atoms with E-state index in [1.54, 1.807) is 31.4 Å². The molecule has 40 heavy (non-hydrogen) atoms. The van der Waals surface area contributed by atoms with E-state index in [1.165, 1.54) is 19.3 Å². The zero-order valence-corrected chi connectivity index (χ0v) is 22.0. The highest BCUT2D eigenvalue weighted by atomic mass is 16.5. The first-order valence-electron chi connectivity index (χ1n) is 12.3. The Balaban J connectivity index is 1.64. The Morgan fingerprint density at radius 2 is 1.77 bits per heavy atom. The molecule has 0 fully saturated rings. The fourth-order valence-electron chi connectivity index (χ4n) is 3.93. The maximum Gasteiger partial charge on any atom is 0.339 e. The first-order valence-corrected chi connectivity index (χ1v) is 12.3. The lowest BCUT2D eigenvalue weighted by Crippen LogP contribution is -2.12. The highest BCUT2D eigenvalue weighted by Crippen LogP contribution is 2.35. The molecule has 1 heterocycles. The van der Waals surface area contributed by atoms with Gasteiger partial charge in [-0.1, -0.05) is 24.1 Å². The number of terminal acetylenes is 1. The minimum absolute atomic E-state index is 0.00438. The number of methoxy groups -OCH3 is 1. The van der Waals surface area contributed by atoms with E-state index in [-0.39, 0.29) is 30.9 Å². The maximum absolute atomic E-state index is 11.7. The van der Waals surface area contributed by atoms with Gasteiger partial charge in [0.2, 0.25) is 0 Å². The zero-order chi connectivity index (χ0) is 28.5. The molecule has 0 unspecified atom stereocenters. The number of carboxylic acid groups (broad SMARTS) is 1. The molecule has 0 spiro atoms. The molecule has 4 aromatic rings. The molecule has 0 aliphatic carbocycles. The first kappa shape index (κ1) is 27.9. The zero-order valence-electron chi connectivity index (χ0n) is 22.0. The smallest absolute Gasteiger partial charge is 0.339 e. The second-order valence-corrected chi connectivity index (χ2v) is 8.52. The van der Waals surface area contributed by atoms with Crippen LogP contribution < -0.4 is 19.5 Å². The van der Waals surface area contributed by atoms with Crippen LogP contribution >= 0.6 is 0 Å². The number of fused-ring (bicyclic) bond motifs is 1. The van der Waals surface area contributed by atoms with E-state index >= 15 is 0 Å². The third kappa shape index (κ3) is 6.83. The predicted molar refractivity (Wildman–Crippen MR) is 148 cm³/mol. The van der Waals surface area contributed by atoms with E-state index in [1.807, 2.05) is 24.3 Å². The molecule has 204 valence electrons. The Labute approximate surface area is 230 Å². The van der Waals surface area contributed by atoms with Crippen molar-refractivity contribution in [3.05, 3.63) is 77.6 Å². The van der Waals surface area contributed by atoms with Crippen molar-refractivity contribution in [3.8, 4) is 29.6 Å². The van der Waals surface area contributed by atoms with Gasteiger partial charge in [0.25, 0.3) is 0 Å². The van der Waals surface area contributed by atoms with Gasteiger partial charge in [-0.2, -0.15) is 0 Å². The summed E-state index contributed by atoms with van der Waals surface area (Å²) < 4.78 is 22.4. The van der Waals surface area contributed by atoms with Crippen molar-refractivity contribution < 1.29 is 33.6 Å². The molecule has 0 saturated heterocycles. The predicted octanol–water partition coefficient (Wildman–Crippen LogP) is 4.62. The first-order chi connectivity index (χ1) is 19.4. The van der Waals surface area contributed by atoms with E-state index in [0.29, 0.717) is 40.4 Å². The average molecular weight is 542 g/mol. The van der Waals surface area contributed by atoms with Gasteiger partial charge in [0.1, 0.15) is 30.1 Å². The molecule has 2 N–H and O–H groups in total. The summed E-state index contributed by atoms with van der Waals surface area (Å²) in [5, 5.41) is 13.5. The van der Waals surface area contributed by atoms with Crippen molar-refractivity contribution in [1.82, 2.24) is 9.97 Å². The summed E-state index contributed by atoms with van der Waals surface area (Å²) in [5.74, 6) is 2.20. The summed E-state index contributed by atoms with van der Waals surface area (Å²) in [5.41, 5.74) is 2.51. The molecule has 0 atom stereocenters. The van der Waals surface area contributed by atoms with Crippen LogP contribution in [-0.2, 0) is 16.0 Å². The standard InChI is InChI=1S/C30H27N3O7/c1-4-20-7-5-9-22(15-20)33-29-24-16-26(27(39-14-13-37-3)17-25(24)31-18-32-29)38-12-11-21-8-6-10-23(30(35)36)28(21)40-19(2)34/h1,5-10,15-18H,11-14H2,2-3H3,(H,35,36)(H,31,32,33). The van der Waals surface area contributed by atoms with Gasteiger partial charge in [-0.25, -0.2) is 14.8 Å². The minimum Gasteiger partial charge on any atom is -0.489 e. The van der Waals surface area contributed by atoms with Gasteiger partial charge in [0, 0.05) is 43.2 Å². The number of esters is 1. The normalized spacial score (nSPS) is 10.5. The van der Waals surface area contributed by atoms with Gasteiger partial charge in [-0.3, -0.25) is 4.79 Å². The van der Waals surface area contributed by atoms with Gasteiger partial charge in [0.15, 0.2) is 11.5 Å². The molecule has 0 saturated carbocycles. The van der Waals surface area contributed by atoms with Crippen LogP contribution in [0.15, 0.2) is 60.9 Å². The van der Waals surface area contributed by atoms with E-state index in [0.717, 1.165) is 11.3 Å². The summed E-state index contributed by atoms with van der Waals surface area (Å²) >= 11 is 0. The number of carbonyl (C=O) groups excluding carboxylic acids is 1. The topological polar surface area (TPSA) is 129 Å². The summed E-state index contributed by atoms with van der Waals surface area (Å²) in [6.45, 7) is 2.00. The number of aromatic carboxylic acids is 1. The van der Waals surface area contributed by atoms with Crippen molar-refractivity contribution in [2.75, 3.05) is 32.2 Å². The van der Waals surface area contributed by atoms with Crippen LogP contribution in [0, 0.1) is 12.3 Å². The highest BCUT2D eigenvalue weighted by Gasteiger charge is 2.18. The number of rotatable bonds is 12. The van der Waals surface area contributed by atoms with Gasteiger partial charge in [-0.05, 0) is 35.9 Å². The monoisotopic (exact) mass is 541 g/mol. The average Bonchev–Trinajstić information content (AvgIpc) is 2.94. The van der Waals surface area contributed by atoms with Crippen LogP contribution in [0.3, 0.4) is 0 Å². The third-order valence-electron chi connectivity index (χ3n) is 5.74.